The van der Waals surface area contributed by atoms with Gasteiger partial charge in [0.25, 0.3) is 6.43 Å². The van der Waals surface area contributed by atoms with Gasteiger partial charge in [0.05, 0.1) is 17.7 Å². The lowest BCUT2D eigenvalue weighted by Gasteiger charge is -2.28. The van der Waals surface area contributed by atoms with E-state index in [4.69, 9.17) is 4.74 Å². The van der Waals surface area contributed by atoms with Crippen molar-refractivity contribution in [1.29, 1.82) is 0 Å². The van der Waals surface area contributed by atoms with Crippen molar-refractivity contribution in [2.45, 2.75) is 43.2 Å². The van der Waals surface area contributed by atoms with E-state index in [0.717, 1.165) is 0 Å². The lowest BCUT2D eigenvalue weighted by molar-refractivity contribution is -0.126. The number of benzene rings is 1. The summed E-state index contributed by atoms with van der Waals surface area (Å²) in [5.41, 5.74) is -1.68. The van der Waals surface area contributed by atoms with Crippen LogP contribution in [-0.4, -0.2) is 38.1 Å². The highest BCUT2D eigenvalue weighted by Gasteiger charge is 2.35. The molecule has 0 spiro atoms. The van der Waals surface area contributed by atoms with Gasteiger partial charge in [-0.25, -0.2) is 17.2 Å². The summed E-state index contributed by atoms with van der Waals surface area (Å²) in [6, 6.07) is 6.13. The number of para-hydroxylation sites is 1. The SMILES string of the molecule is CC(C)(NC(=O)CC1CS(=O)(=O)c2ccccc2O1)C(F)F. The number of nitrogens with one attached hydrogen (secondary N) is 1. The largest absolute Gasteiger partial charge is 0.487 e. The molecule has 0 fully saturated rings. The van der Waals surface area contributed by atoms with Gasteiger partial charge in [0.15, 0.2) is 9.84 Å². The van der Waals surface area contributed by atoms with E-state index in [2.05, 4.69) is 5.32 Å². The maximum absolute atomic E-state index is 12.7. The van der Waals surface area contributed by atoms with Gasteiger partial charge in [0, 0.05) is 0 Å². The molecule has 1 aromatic carbocycles. The van der Waals surface area contributed by atoms with Crippen LogP contribution in [0.1, 0.15) is 20.3 Å². The monoisotopic (exact) mass is 333 g/mol. The van der Waals surface area contributed by atoms with Crippen molar-refractivity contribution in [2.24, 2.45) is 0 Å². The molecule has 0 radical (unpaired) electrons. The number of ether oxygens (including phenoxy) is 1. The Morgan fingerprint density at radius 3 is 2.68 bits per heavy atom. The smallest absolute Gasteiger partial charge is 0.260 e. The quantitative estimate of drug-likeness (QED) is 0.911. The van der Waals surface area contributed by atoms with Crippen LogP contribution in [0.2, 0.25) is 0 Å². The number of carbonyl (C=O) groups excluding carboxylic acids is 1. The Kier molecular flexibility index (Phi) is 4.42. The third-order valence-corrected chi connectivity index (χ3v) is 5.12. The number of amides is 1. The Hall–Kier alpha value is -1.70. The number of alkyl halides is 2. The van der Waals surface area contributed by atoms with Crippen LogP contribution in [0.5, 0.6) is 5.75 Å². The highest BCUT2D eigenvalue weighted by Crippen LogP contribution is 2.31. The Morgan fingerprint density at radius 2 is 2.05 bits per heavy atom. The number of fused-ring (bicyclic) bond motifs is 1. The minimum atomic E-state index is -3.55. The summed E-state index contributed by atoms with van der Waals surface area (Å²) in [6.07, 6.45) is -3.93. The molecule has 1 amide bonds. The molecule has 22 heavy (non-hydrogen) atoms. The molecule has 8 heteroatoms. The van der Waals surface area contributed by atoms with Gasteiger partial charge in [0.1, 0.15) is 16.7 Å². The van der Waals surface area contributed by atoms with Crippen LogP contribution in [0.4, 0.5) is 8.78 Å². The number of hydrogen-bond donors (Lipinski definition) is 1. The van der Waals surface area contributed by atoms with E-state index >= 15 is 0 Å². The Labute approximate surface area is 127 Å². The summed E-state index contributed by atoms with van der Waals surface area (Å²) in [7, 11) is -3.55. The van der Waals surface area contributed by atoms with E-state index in [9.17, 15) is 22.0 Å². The highest BCUT2D eigenvalue weighted by atomic mass is 32.2. The van der Waals surface area contributed by atoms with Crippen LogP contribution in [0, 0.1) is 0 Å². The maximum atomic E-state index is 12.7. The van der Waals surface area contributed by atoms with Crippen molar-refractivity contribution in [3.8, 4) is 5.75 Å². The van der Waals surface area contributed by atoms with Crippen LogP contribution in [0.15, 0.2) is 29.2 Å². The molecular formula is C14H17F2NO4S. The molecule has 5 nitrogen and oxygen atoms in total. The van der Waals surface area contributed by atoms with Gasteiger partial charge < -0.3 is 10.1 Å². The highest BCUT2D eigenvalue weighted by molar-refractivity contribution is 7.91. The van der Waals surface area contributed by atoms with Crippen molar-refractivity contribution in [3.05, 3.63) is 24.3 Å². The molecule has 0 aliphatic carbocycles. The van der Waals surface area contributed by atoms with Crippen molar-refractivity contribution in [2.75, 3.05) is 5.75 Å². The molecule has 1 aromatic rings. The van der Waals surface area contributed by atoms with Crippen LogP contribution < -0.4 is 10.1 Å². The van der Waals surface area contributed by atoms with Gasteiger partial charge in [-0.15, -0.1) is 0 Å². The second kappa shape index (κ2) is 5.83. The molecule has 0 bridgehead atoms. The molecule has 2 rings (SSSR count). The summed E-state index contributed by atoms with van der Waals surface area (Å²) in [4.78, 5) is 11.9. The fourth-order valence-electron chi connectivity index (χ4n) is 2.12. The molecule has 1 atom stereocenters. The van der Waals surface area contributed by atoms with Crippen molar-refractivity contribution in [3.63, 3.8) is 0 Å². The predicted octanol–water partition coefficient (Wildman–Crippen LogP) is 1.77. The molecule has 1 heterocycles. The van der Waals surface area contributed by atoms with E-state index in [-0.39, 0.29) is 22.8 Å². The first-order valence-corrected chi connectivity index (χ1v) is 8.34. The average Bonchev–Trinajstić information content (AvgIpc) is 2.36. The van der Waals surface area contributed by atoms with E-state index in [1.807, 2.05) is 0 Å². The molecule has 122 valence electrons. The predicted molar refractivity (Wildman–Crippen MR) is 75.8 cm³/mol. The van der Waals surface area contributed by atoms with Gasteiger partial charge in [-0.3, -0.25) is 4.79 Å². The Balaban J connectivity index is 2.09. The fourth-order valence-corrected chi connectivity index (χ4v) is 3.69. The van der Waals surface area contributed by atoms with E-state index < -0.39 is 33.8 Å². The molecular weight excluding hydrogens is 316 g/mol. The van der Waals surface area contributed by atoms with Crippen LogP contribution in [0.25, 0.3) is 0 Å². The average molecular weight is 333 g/mol. The Morgan fingerprint density at radius 1 is 1.41 bits per heavy atom. The molecule has 0 aromatic heterocycles. The lowest BCUT2D eigenvalue weighted by atomic mass is 10.1. The van der Waals surface area contributed by atoms with E-state index in [0.29, 0.717) is 0 Å². The number of carbonyl (C=O) groups is 1. The van der Waals surface area contributed by atoms with Gasteiger partial charge in [-0.2, -0.15) is 0 Å². The first-order valence-electron chi connectivity index (χ1n) is 6.69. The summed E-state index contributed by atoms with van der Waals surface area (Å²) in [5.74, 6) is -0.850. The van der Waals surface area contributed by atoms with Crippen LogP contribution in [-0.2, 0) is 14.6 Å². The second-order valence-electron chi connectivity index (χ2n) is 5.74. The summed E-state index contributed by atoms with van der Waals surface area (Å²) in [6.45, 7) is 2.40. The summed E-state index contributed by atoms with van der Waals surface area (Å²) < 4.78 is 55.2. The van der Waals surface area contributed by atoms with Crippen molar-refractivity contribution in [1.82, 2.24) is 5.32 Å². The maximum Gasteiger partial charge on any atom is 0.260 e. The zero-order valence-corrected chi connectivity index (χ0v) is 13.0. The fraction of sp³-hybridized carbons (Fsp3) is 0.500. The third kappa shape index (κ3) is 3.55. The number of hydrogen-bond acceptors (Lipinski definition) is 4. The molecule has 0 saturated carbocycles. The van der Waals surface area contributed by atoms with Crippen molar-refractivity contribution < 1.29 is 26.7 Å². The van der Waals surface area contributed by atoms with Gasteiger partial charge in [0.2, 0.25) is 5.91 Å². The van der Waals surface area contributed by atoms with Gasteiger partial charge in [-0.05, 0) is 26.0 Å². The normalized spacial score (nSPS) is 20.1. The molecule has 1 aliphatic rings. The standard InChI is InChI=1S/C14H17F2NO4S/c1-14(2,13(15)16)17-12(18)7-9-8-22(19,20)11-6-4-3-5-10(11)21-9/h3-6,9,13H,7-8H2,1-2H3,(H,17,18). The molecule has 0 saturated heterocycles. The Bertz CT molecular complexity index is 673. The minimum Gasteiger partial charge on any atom is -0.487 e. The topological polar surface area (TPSA) is 72.5 Å². The lowest BCUT2D eigenvalue weighted by Crippen LogP contribution is -2.50. The first kappa shape index (κ1) is 16.7. The van der Waals surface area contributed by atoms with Crippen LogP contribution in [0.3, 0.4) is 0 Å². The number of halogens is 2. The van der Waals surface area contributed by atoms with Gasteiger partial charge in [-0.1, -0.05) is 12.1 Å². The summed E-state index contributed by atoms with van der Waals surface area (Å²) >= 11 is 0. The zero-order chi connectivity index (χ0) is 16.5. The minimum absolute atomic E-state index is 0.0829. The second-order valence-corrected chi connectivity index (χ2v) is 7.75. The van der Waals surface area contributed by atoms with Crippen LogP contribution >= 0.6 is 0 Å². The molecule has 1 N–H and O–H groups in total. The number of rotatable bonds is 4. The first-order chi connectivity index (χ1) is 10.1. The van der Waals surface area contributed by atoms with Crippen molar-refractivity contribution >= 4 is 15.7 Å². The third-order valence-electron chi connectivity index (χ3n) is 3.30. The zero-order valence-electron chi connectivity index (χ0n) is 12.2. The molecule has 1 aliphatic heterocycles. The van der Waals surface area contributed by atoms with E-state index in [1.165, 1.54) is 26.0 Å². The summed E-state index contributed by atoms with van der Waals surface area (Å²) in [5, 5.41) is 2.19. The number of sulfone groups is 1. The molecule has 1 unspecified atom stereocenters. The van der Waals surface area contributed by atoms with E-state index in [1.54, 1.807) is 12.1 Å². The van der Waals surface area contributed by atoms with Gasteiger partial charge >= 0.3 is 0 Å².